The summed E-state index contributed by atoms with van der Waals surface area (Å²) in [5, 5.41) is 2.98. The Balaban J connectivity index is 2.02. The second kappa shape index (κ2) is 6.43. The molecule has 2 aromatic rings. The van der Waals surface area contributed by atoms with Crippen molar-refractivity contribution < 1.29 is 22.6 Å². The van der Waals surface area contributed by atoms with Crippen LogP contribution in [0, 0.1) is 5.92 Å². The van der Waals surface area contributed by atoms with Gasteiger partial charge in [-0.2, -0.15) is 8.42 Å². The standard InChI is InChI=1S/C20H16N2O5S/c21-18-15(28(25,26)27)10-14(22-11-6-2-1-3-7-11)16-17(18)20(24)13-9-5-4-8-12(13)19(16)23/h1-7,9-10,12,22H,8,21H2,(H,25,26,27). The smallest absolute Gasteiger partial charge is 0.296 e. The maximum atomic E-state index is 13.2. The van der Waals surface area contributed by atoms with E-state index in [-0.39, 0.29) is 28.2 Å². The lowest BCUT2D eigenvalue weighted by molar-refractivity contribution is 0.0883. The summed E-state index contributed by atoms with van der Waals surface area (Å²) in [5.74, 6) is -1.47. The van der Waals surface area contributed by atoms with Gasteiger partial charge in [-0.1, -0.05) is 36.4 Å². The quantitative estimate of drug-likeness (QED) is 0.537. The lowest BCUT2D eigenvalue weighted by Gasteiger charge is -2.29. The maximum Gasteiger partial charge on any atom is 0.296 e. The molecular formula is C20H16N2O5S. The number of nitrogen functional groups attached to an aromatic ring is 1. The number of hydrogen-bond acceptors (Lipinski definition) is 6. The number of para-hydroxylation sites is 1. The van der Waals surface area contributed by atoms with E-state index in [1.807, 2.05) is 0 Å². The molecule has 4 N–H and O–H groups in total. The van der Waals surface area contributed by atoms with Crippen LogP contribution in [0.2, 0.25) is 0 Å². The molecule has 1 atom stereocenters. The van der Waals surface area contributed by atoms with Gasteiger partial charge in [0.1, 0.15) is 4.90 Å². The number of rotatable bonds is 3. The van der Waals surface area contributed by atoms with E-state index in [9.17, 15) is 22.6 Å². The minimum Gasteiger partial charge on any atom is -0.397 e. The van der Waals surface area contributed by atoms with Crippen molar-refractivity contribution in [2.75, 3.05) is 11.1 Å². The normalized spacial score (nSPS) is 18.3. The van der Waals surface area contributed by atoms with Crippen LogP contribution in [0.5, 0.6) is 0 Å². The number of nitrogens with two attached hydrogens (primary N) is 1. The van der Waals surface area contributed by atoms with Crippen molar-refractivity contribution in [1.82, 2.24) is 0 Å². The highest BCUT2D eigenvalue weighted by atomic mass is 32.2. The first-order chi connectivity index (χ1) is 13.3. The fourth-order valence-corrected chi connectivity index (χ4v) is 4.23. The zero-order chi connectivity index (χ0) is 20.1. The second-order valence-corrected chi connectivity index (χ2v) is 7.97. The summed E-state index contributed by atoms with van der Waals surface area (Å²) < 4.78 is 33.3. The van der Waals surface area contributed by atoms with Crippen LogP contribution in [0.4, 0.5) is 17.1 Å². The average molecular weight is 396 g/mol. The van der Waals surface area contributed by atoms with E-state index in [0.29, 0.717) is 12.1 Å². The van der Waals surface area contributed by atoms with E-state index in [0.717, 1.165) is 6.07 Å². The van der Waals surface area contributed by atoms with Crippen LogP contribution in [0.1, 0.15) is 27.1 Å². The average Bonchev–Trinajstić information content (AvgIpc) is 2.67. The first kappa shape index (κ1) is 18.1. The van der Waals surface area contributed by atoms with Gasteiger partial charge < -0.3 is 11.1 Å². The number of Topliss-reactive ketones (excluding diaryl/α,β-unsaturated/α-hetero) is 2. The minimum absolute atomic E-state index is 0.0382. The van der Waals surface area contributed by atoms with Crippen molar-refractivity contribution >= 4 is 38.7 Å². The molecule has 7 nitrogen and oxygen atoms in total. The lowest BCUT2D eigenvalue weighted by Crippen LogP contribution is -2.32. The summed E-state index contributed by atoms with van der Waals surface area (Å²) in [5.41, 5.74) is 6.31. The van der Waals surface area contributed by atoms with E-state index in [4.69, 9.17) is 5.73 Å². The third kappa shape index (κ3) is 2.83. The summed E-state index contributed by atoms with van der Waals surface area (Å²) in [6, 6.07) is 9.85. The van der Waals surface area contributed by atoms with Crippen LogP contribution >= 0.6 is 0 Å². The lowest BCUT2D eigenvalue weighted by atomic mass is 9.74. The van der Waals surface area contributed by atoms with Crippen LogP contribution in [-0.4, -0.2) is 24.5 Å². The maximum absolute atomic E-state index is 13.2. The van der Waals surface area contributed by atoms with Crippen molar-refractivity contribution in [2.24, 2.45) is 5.92 Å². The Morgan fingerprint density at radius 2 is 1.82 bits per heavy atom. The Morgan fingerprint density at radius 1 is 1.11 bits per heavy atom. The Labute approximate surface area is 161 Å². The molecule has 28 heavy (non-hydrogen) atoms. The van der Waals surface area contributed by atoms with Crippen LogP contribution in [0.15, 0.2) is 65.1 Å². The molecule has 0 heterocycles. The molecule has 2 aliphatic carbocycles. The third-order valence-corrected chi connectivity index (χ3v) is 5.77. The van der Waals surface area contributed by atoms with E-state index in [2.05, 4.69) is 5.32 Å². The van der Waals surface area contributed by atoms with E-state index < -0.39 is 32.4 Å². The Kier molecular flexibility index (Phi) is 4.17. The zero-order valence-corrected chi connectivity index (χ0v) is 15.4. The molecule has 2 aromatic carbocycles. The summed E-state index contributed by atoms with van der Waals surface area (Å²) in [7, 11) is -4.71. The number of carbonyl (C=O) groups excluding carboxylic acids is 2. The van der Waals surface area contributed by atoms with Gasteiger partial charge in [-0.15, -0.1) is 0 Å². The predicted octanol–water partition coefficient (Wildman–Crippen LogP) is 3.14. The fourth-order valence-electron chi connectivity index (χ4n) is 3.58. The Hall–Kier alpha value is -3.23. The van der Waals surface area contributed by atoms with Gasteiger partial charge in [-0.05, 0) is 24.6 Å². The van der Waals surface area contributed by atoms with Crippen LogP contribution in [0.3, 0.4) is 0 Å². The highest BCUT2D eigenvalue weighted by molar-refractivity contribution is 7.86. The van der Waals surface area contributed by atoms with Crippen molar-refractivity contribution in [2.45, 2.75) is 11.3 Å². The van der Waals surface area contributed by atoms with Gasteiger partial charge in [0.25, 0.3) is 10.1 Å². The van der Waals surface area contributed by atoms with Crippen molar-refractivity contribution in [1.29, 1.82) is 0 Å². The zero-order valence-electron chi connectivity index (χ0n) is 14.5. The molecule has 8 heteroatoms. The molecule has 0 saturated carbocycles. The number of carbonyl (C=O) groups is 2. The van der Waals surface area contributed by atoms with Gasteiger partial charge in [0, 0.05) is 11.3 Å². The van der Waals surface area contributed by atoms with Gasteiger partial charge in [0.05, 0.1) is 28.4 Å². The molecule has 142 valence electrons. The molecule has 2 aliphatic rings. The fraction of sp³-hybridized carbons (Fsp3) is 0.100. The first-order valence-electron chi connectivity index (χ1n) is 8.50. The van der Waals surface area contributed by atoms with E-state index in [1.54, 1.807) is 48.6 Å². The first-order valence-corrected chi connectivity index (χ1v) is 9.94. The van der Waals surface area contributed by atoms with Crippen LogP contribution in [0.25, 0.3) is 0 Å². The monoisotopic (exact) mass is 396 g/mol. The van der Waals surface area contributed by atoms with Gasteiger partial charge >= 0.3 is 0 Å². The van der Waals surface area contributed by atoms with E-state index in [1.165, 1.54) is 0 Å². The van der Waals surface area contributed by atoms with Gasteiger partial charge in [0.2, 0.25) is 0 Å². The SMILES string of the molecule is Nc1c(S(=O)(=O)O)cc(Nc2ccccc2)c2c1C(=O)C1=CC=CCC1C2=O. The molecule has 0 amide bonds. The summed E-state index contributed by atoms with van der Waals surface area (Å²) in [6.07, 6.45) is 5.39. The molecular weight excluding hydrogens is 380 g/mol. The molecule has 0 fully saturated rings. The molecule has 4 rings (SSSR count). The number of ketones is 2. The number of hydrogen-bond donors (Lipinski definition) is 3. The molecule has 0 radical (unpaired) electrons. The van der Waals surface area contributed by atoms with Crippen LogP contribution in [-0.2, 0) is 10.1 Å². The van der Waals surface area contributed by atoms with E-state index >= 15 is 0 Å². The molecule has 0 spiro atoms. The molecule has 0 aromatic heterocycles. The van der Waals surface area contributed by atoms with Gasteiger partial charge in [-0.25, -0.2) is 0 Å². The summed E-state index contributed by atoms with van der Waals surface area (Å²) in [4.78, 5) is 25.6. The van der Waals surface area contributed by atoms with Crippen molar-refractivity contribution in [3.63, 3.8) is 0 Å². The van der Waals surface area contributed by atoms with Gasteiger partial charge in [-0.3, -0.25) is 14.1 Å². The van der Waals surface area contributed by atoms with Crippen LogP contribution < -0.4 is 11.1 Å². The highest BCUT2D eigenvalue weighted by Crippen LogP contribution is 2.43. The topological polar surface area (TPSA) is 127 Å². The molecule has 0 aliphatic heterocycles. The molecule has 0 saturated heterocycles. The number of anilines is 3. The third-order valence-electron chi connectivity index (χ3n) is 4.87. The Morgan fingerprint density at radius 3 is 2.50 bits per heavy atom. The molecule has 0 bridgehead atoms. The highest BCUT2D eigenvalue weighted by Gasteiger charge is 2.41. The second-order valence-electron chi connectivity index (χ2n) is 6.58. The number of allylic oxidation sites excluding steroid dienone is 4. The summed E-state index contributed by atoms with van der Waals surface area (Å²) >= 11 is 0. The summed E-state index contributed by atoms with van der Waals surface area (Å²) in [6.45, 7) is 0. The van der Waals surface area contributed by atoms with Crippen molar-refractivity contribution in [3.8, 4) is 0 Å². The van der Waals surface area contributed by atoms with Crippen molar-refractivity contribution in [3.05, 3.63) is 71.3 Å². The predicted molar refractivity (Wildman–Crippen MR) is 104 cm³/mol. The number of fused-ring (bicyclic) bond motifs is 2. The Bertz CT molecular complexity index is 1180. The van der Waals surface area contributed by atoms with Gasteiger partial charge in [0.15, 0.2) is 11.6 Å². The number of benzene rings is 2. The largest absolute Gasteiger partial charge is 0.397 e. The number of nitrogens with one attached hydrogen (secondary N) is 1. The molecule has 1 unspecified atom stereocenters. The minimum atomic E-state index is -4.71.